The van der Waals surface area contributed by atoms with Gasteiger partial charge in [0.1, 0.15) is 0 Å². The Morgan fingerprint density at radius 2 is 2.10 bits per heavy atom. The van der Waals surface area contributed by atoms with E-state index in [9.17, 15) is 4.79 Å². The predicted molar refractivity (Wildman–Crippen MR) is 87.1 cm³/mol. The molecule has 0 spiro atoms. The molecular weight excluding hydrogens is 262 g/mol. The van der Waals surface area contributed by atoms with Crippen molar-refractivity contribution >= 4 is 11.6 Å². The topological polar surface area (TPSA) is 58.4 Å². The van der Waals surface area contributed by atoms with E-state index >= 15 is 0 Å². The Labute approximate surface area is 127 Å². The minimum Gasteiger partial charge on any atom is -0.330 e. The Bertz CT molecular complexity index is 444. The summed E-state index contributed by atoms with van der Waals surface area (Å²) < 4.78 is 0. The molecule has 116 valence electrons. The van der Waals surface area contributed by atoms with Gasteiger partial charge in [0.15, 0.2) is 0 Å². The fraction of sp³-hybridized carbons (Fsp3) is 0.588. The smallest absolute Gasteiger partial charge is 0.224 e. The Morgan fingerprint density at radius 3 is 2.76 bits per heavy atom. The first-order chi connectivity index (χ1) is 10.2. The second-order valence-electron chi connectivity index (χ2n) is 5.95. The molecule has 1 aromatic rings. The lowest BCUT2D eigenvalue weighted by atomic mass is 10.0. The lowest BCUT2D eigenvalue weighted by molar-refractivity contribution is -0.116. The highest BCUT2D eigenvalue weighted by Gasteiger charge is 2.17. The summed E-state index contributed by atoms with van der Waals surface area (Å²) in [6, 6.07) is 8.88. The number of hydrogen-bond acceptors (Lipinski definition) is 3. The van der Waals surface area contributed by atoms with Gasteiger partial charge < -0.3 is 11.1 Å². The van der Waals surface area contributed by atoms with Crippen molar-refractivity contribution in [3.05, 3.63) is 29.8 Å². The molecule has 1 unspecified atom stereocenters. The minimum absolute atomic E-state index is 0.0397. The number of likely N-dealkylation sites (tertiary alicyclic amines) is 1. The zero-order valence-corrected chi connectivity index (χ0v) is 13.0. The molecule has 1 fully saturated rings. The van der Waals surface area contributed by atoms with Gasteiger partial charge in [-0.3, -0.25) is 9.69 Å². The van der Waals surface area contributed by atoms with E-state index in [1.54, 1.807) is 0 Å². The van der Waals surface area contributed by atoms with Crippen LogP contribution in [0.5, 0.6) is 0 Å². The summed E-state index contributed by atoms with van der Waals surface area (Å²) in [6.45, 7) is 5.06. The van der Waals surface area contributed by atoms with E-state index in [0.29, 0.717) is 19.0 Å². The first-order valence-electron chi connectivity index (χ1n) is 8.02. The highest BCUT2D eigenvalue weighted by molar-refractivity contribution is 5.90. The molecule has 1 amide bonds. The molecule has 1 saturated heterocycles. The summed E-state index contributed by atoms with van der Waals surface area (Å²) >= 11 is 0. The van der Waals surface area contributed by atoms with Gasteiger partial charge in [-0.25, -0.2) is 0 Å². The van der Waals surface area contributed by atoms with Gasteiger partial charge in [0.05, 0.1) is 0 Å². The molecule has 0 bridgehead atoms. The highest BCUT2D eigenvalue weighted by Crippen LogP contribution is 2.20. The molecule has 4 heteroatoms. The Morgan fingerprint density at radius 1 is 1.33 bits per heavy atom. The van der Waals surface area contributed by atoms with Crippen molar-refractivity contribution in [2.24, 2.45) is 5.73 Å². The van der Waals surface area contributed by atoms with Crippen LogP contribution in [0.3, 0.4) is 0 Å². The third kappa shape index (κ3) is 5.14. The van der Waals surface area contributed by atoms with Crippen LogP contribution in [-0.2, 0) is 11.3 Å². The number of benzene rings is 1. The number of nitrogens with one attached hydrogen (secondary N) is 1. The Hall–Kier alpha value is -1.39. The van der Waals surface area contributed by atoms with Crippen LogP contribution in [0.2, 0.25) is 0 Å². The largest absolute Gasteiger partial charge is 0.330 e. The maximum atomic E-state index is 11.6. The molecule has 4 nitrogen and oxygen atoms in total. The molecule has 1 atom stereocenters. The molecule has 0 aromatic heterocycles. The van der Waals surface area contributed by atoms with E-state index in [-0.39, 0.29) is 5.91 Å². The molecule has 1 aliphatic heterocycles. The third-order valence-electron chi connectivity index (χ3n) is 4.17. The van der Waals surface area contributed by atoms with Crippen molar-refractivity contribution in [3.63, 3.8) is 0 Å². The van der Waals surface area contributed by atoms with Crippen molar-refractivity contribution in [1.82, 2.24) is 4.90 Å². The van der Waals surface area contributed by atoms with E-state index in [4.69, 9.17) is 5.73 Å². The predicted octanol–water partition coefficient (Wildman–Crippen LogP) is 2.74. The van der Waals surface area contributed by atoms with Crippen LogP contribution in [0, 0.1) is 0 Å². The zero-order valence-electron chi connectivity index (χ0n) is 13.0. The van der Waals surface area contributed by atoms with E-state index in [1.807, 2.05) is 12.1 Å². The van der Waals surface area contributed by atoms with Gasteiger partial charge in [-0.1, -0.05) is 18.6 Å². The molecule has 0 aliphatic carbocycles. The first kappa shape index (κ1) is 16.0. The maximum Gasteiger partial charge on any atom is 0.224 e. The van der Waals surface area contributed by atoms with Gasteiger partial charge in [0, 0.05) is 24.7 Å². The summed E-state index contributed by atoms with van der Waals surface area (Å²) in [6.07, 6.45) is 5.18. The lowest BCUT2D eigenvalue weighted by Gasteiger charge is -2.33. The fourth-order valence-corrected chi connectivity index (χ4v) is 2.81. The van der Waals surface area contributed by atoms with Crippen LogP contribution in [-0.4, -0.2) is 29.9 Å². The highest BCUT2D eigenvalue weighted by atomic mass is 16.1. The van der Waals surface area contributed by atoms with Crippen molar-refractivity contribution in [2.45, 2.75) is 51.6 Å². The Kier molecular flexibility index (Phi) is 6.21. The van der Waals surface area contributed by atoms with E-state index in [2.05, 4.69) is 29.3 Å². The molecular formula is C17H27N3O. The number of carbonyl (C=O) groups is 1. The average molecular weight is 289 g/mol. The second kappa shape index (κ2) is 8.15. The van der Waals surface area contributed by atoms with Crippen LogP contribution >= 0.6 is 0 Å². The fourth-order valence-electron chi connectivity index (χ4n) is 2.81. The van der Waals surface area contributed by atoms with Crippen LogP contribution in [0.25, 0.3) is 0 Å². The molecule has 1 heterocycles. The zero-order chi connectivity index (χ0) is 15.1. The molecule has 1 aliphatic rings. The van der Waals surface area contributed by atoms with Crippen LogP contribution in [0.1, 0.15) is 44.6 Å². The Balaban J connectivity index is 1.85. The van der Waals surface area contributed by atoms with Crippen LogP contribution < -0.4 is 11.1 Å². The summed E-state index contributed by atoms with van der Waals surface area (Å²) in [5, 5.41) is 2.91. The number of anilines is 1. The number of carbonyl (C=O) groups excluding carboxylic acids is 1. The quantitative estimate of drug-likeness (QED) is 0.846. The standard InChI is InChI=1S/C17H27N3O/c1-14-5-2-3-12-20(14)13-15-7-9-16(10-8-15)19-17(21)6-4-11-18/h7-10,14H,2-6,11-13,18H2,1H3,(H,19,21). The first-order valence-corrected chi connectivity index (χ1v) is 8.02. The van der Waals surface area contributed by atoms with E-state index in [0.717, 1.165) is 18.7 Å². The third-order valence-corrected chi connectivity index (χ3v) is 4.17. The van der Waals surface area contributed by atoms with Crippen LogP contribution in [0.15, 0.2) is 24.3 Å². The number of hydrogen-bond donors (Lipinski definition) is 2. The number of rotatable bonds is 6. The number of amides is 1. The summed E-state index contributed by atoms with van der Waals surface area (Å²) in [5.74, 6) is 0.0397. The van der Waals surface area contributed by atoms with Crippen molar-refractivity contribution in [2.75, 3.05) is 18.4 Å². The molecule has 0 saturated carbocycles. The lowest BCUT2D eigenvalue weighted by Crippen LogP contribution is -2.36. The number of piperidine rings is 1. The summed E-state index contributed by atoms with van der Waals surface area (Å²) in [4.78, 5) is 14.2. The summed E-state index contributed by atoms with van der Waals surface area (Å²) in [7, 11) is 0. The van der Waals surface area contributed by atoms with E-state index < -0.39 is 0 Å². The normalized spacial score (nSPS) is 19.4. The molecule has 1 aromatic carbocycles. The molecule has 0 radical (unpaired) electrons. The molecule has 2 rings (SSSR count). The average Bonchev–Trinajstić information content (AvgIpc) is 2.49. The monoisotopic (exact) mass is 289 g/mol. The second-order valence-corrected chi connectivity index (χ2v) is 5.95. The van der Waals surface area contributed by atoms with E-state index in [1.165, 1.54) is 31.4 Å². The SMILES string of the molecule is CC1CCCCN1Cc1ccc(NC(=O)CCCN)cc1. The molecule has 3 N–H and O–H groups in total. The van der Waals surface area contributed by atoms with Crippen molar-refractivity contribution in [1.29, 1.82) is 0 Å². The van der Waals surface area contributed by atoms with Gasteiger partial charge in [0.25, 0.3) is 0 Å². The number of nitrogens with two attached hydrogens (primary N) is 1. The van der Waals surface area contributed by atoms with Gasteiger partial charge in [-0.15, -0.1) is 0 Å². The number of nitrogens with zero attached hydrogens (tertiary/aromatic N) is 1. The minimum atomic E-state index is 0.0397. The van der Waals surface area contributed by atoms with Crippen molar-refractivity contribution < 1.29 is 4.79 Å². The maximum absolute atomic E-state index is 11.6. The van der Waals surface area contributed by atoms with Crippen LogP contribution in [0.4, 0.5) is 5.69 Å². The van der Waals surface area contributed by atoms with Gasteiger partial charge in [-0.05, 0) is 57.0 Å². The van der Waals surface area contributed by atoms with Gasteiger partial charge >= 0.3 is 0 Å². The van der Waals surface area contributed by atoms with Gasteiger partial charge in [0.2, 0.25) is 5.91 Å². The van der Waals surface area contributed by atoms with Gasteiger partial charge in [-0.2, -0.15) is 0 Å². The summed E-state index contributed by atoms with van der Waals surface area (Å²) in [5.41, 5.74) is 7.58. The molecule has 21 heavy (non-hydrogen) atoms. The van der Waals surface area contributed by atoms with Crippen molar-refractivity contribution in [3.8, 4) is 0 Å².